The Balaban J connectivity index is 3.49. The lowest BCUT2D eigenvalue weighted by Crippen LogP contribution is -2.08. The Labute approximate surface area is 78.8 Å². The van der Waals surface area contributed by atoms with Gasteiger partial charge in [-0.25, -0.2) is 0 Å². The third-order valence-electron chi connectivity index (χ3n) is 2.83. The van der Waals surface area contributed by atoms with Crippen LogP contribution in [0.1, 0.15) is 53.4 Å². The van der Waals surface area contributed by atoms with E-state index in [2.05, 4.69) is 34.6 Å². The van der Waals surface area contributed by atoms with Gasteiger partial charge in [0.1, 0.15) is 0 Å². The molecular formula is C12H25. The maximum Gasteiger partial charge on any atom is -0.0417 e. The average Bonchev–Trinajstić information content (AvgIpc) is 2.00. The van der Waals surface area contributed by atoms with Crippen molar-refractivity contribution in [2.24, 2.45) is 17.8 Å². The molecule has 0 N–H and O–H groups in total. The Morgan fingerprint density at radius 3 is 1.83 bits per heavy atom. The predicted molar refractivity (Wildman–Crippen MR) is 57.0 cm³/mol. The van der Waals surface area contributed by atoms with Crippen molar-refractivity contribution in [3.8, 4) is 0 Å². The fourth-order valence-corrected chi connectivity index (χ4v) is 1.57. The van der Waals surface area contributed by atoms with Gasteiger partial charge in [0.25, 0.3) is 0 Å². The third kappa shape index (κ3) is 5.62. The summed E-state index contributed by atoms with van der Waals surface area (Å²) in [5.74, 6) is 2.41. The highest BCUT2D eigenvalue weighted by Crippen LogP contribution is 2.22. The molecule has 73 valence electrons. The van der Waals surface area contributed by atoms with Gasteiger partial charge >= 0.3 is 0 Å². The zero-order chi connectivity index (χ0) is 9.56. The van der Waals surface area contributed by atoms with E-state index in [0.717, 1.165) is 11.8 Å². The standard InChI is InChI=1S/C12H25/c1-6-7-11(4)12(5)9-8-10(2)3/h10-12H,2,6-9H2,1,3-5H3. The molecule has 0 fully saturated rings. The van der Waals surface area contributed by atoms with Crippen molar-refractivity contribution < 1.29 is 0 Å². The lowest BCUT2D eigenvalue weighted by atomic mass is 9.86. The first-order valence-corrected chi connectivity index (χ1v) is 5.41. The zero-order valence-electron chi connectivity index (χ0n) is 9.27. The molecular weight excluding hydrogens is 144 g/mol. The summed E-state index contributed by atoms with van der Waals surface area (Å²) in [5, 5.41) is 0. The molecule has 0 aliphatic rings. The number of hydrogen-bond donors (Lipinski definition) is 0. The van der Waals surface area contributed by atoms with Crippen LogP contribution in [0, 0.1) is 24.7 Å². The van der Waals surface area contributed by atoms with E-state index in [1.165, 1.54) is 25.7 Å². The maximum atomic E-state index is 4.02. The van der Waals surface area contributed by atoms with Crippen LogP contribution in [0.15, 0.2) is 0 Å². The third-order valence-corrected chi connectivity index (χ3v) is 2.83. The monoisotopic (exact) mass is 169 g/mol. The van der Waals surface area contributed by atoms with Gasteiger partial charge in [-0.2, -0.15) is 0 Å². The quantitative estimate of drug-likeness (QED) is 0.556. The predicted octanol–water partition coefficient (Wildman–Crippen LogP) is 4.31. The second-order valence-electron chi connectivity index (χ2n) is 4.43. The van der Waals surface area contributed by atoms with Crippen molar-refractivity contribution in [2.75, 3.05) is 0 Å². The summed E-state index contributed by atoms with van der Waals surface area (Å²) in [6.45, 7) is 13.2. The SMILES string of the molecule is [CH2]C(C)CCC(C)C(C)CCC. The highest BCUT2D eigenvalue weighted by atomic mass is 14.2. The van der Waals surface area contributed by atoms with Crippen molar-refractivity contribution in [1.82, 2.24) is 0 Å². The molecule has 0 aromatic rings. The van der Waals surface area contributed by atoms with Crippen LogP contribution in [0.25, 0.3) is 0 Å². The van der Waals surface area contributed by atoms with E-state index in [1.54, 1.807) is 0 Å². The molecule has 0 heteroatoms. The normalized spacial score (nSPS) is 16.5. The van der Waals surface area contributed by atoms with E-state index in [4.69, 9.17) is 0 Å². The number of hydrogen-bond acceptors (Lipinski definition) is 0. The largest absolute Gasteiger partial charge is 0.0654 e. The van der Waals surface area contributed by atoms with E-state index in [-0.39, 0.29) is 0 Å². The Bertz CT molecular complexity index is 94.2. The van der Waals surface area contributed by atoms with Crippen molar-refractivity contribution in [1.29, 1.82) is 0 Å². The van der Waals surface area contributed by atoms with Crippen LogP contribution < -0.4 is 0 Å². The molecule has 0 aromatic carbocycles. The second-order valence-corrected chi connectivity index (χ2v) is 4.43. The first-order chi connectivity index (χ1) is 5.57. The van der Waals surface area contributed by atoms with Crippen LogP contribution in [-0.2, 0) is 0 Å². The van der Waals surface area contributed by atoms with E-state index < -0.39 is 0 Å². The van der Waals surface area contributed by atoms with Crippen molar-refractivity contribution in [2.45, 2.75) is 53.4 Å². The summed E-state index contributed by atoms with van der Waals surface area (Å²) in [5.41, 5.74) is 0. The van der Waals surface area contributed by atoms with E-state index in [1.807, 2.05) is 0 Å². The van der Waals surface area contributed by atoms with Gasteiger partial charge in [0, 0.05) is 0 Å². The molecule has 0 heterocycles. The van der Waals surface area contributed by atoms with Crippen LogP contribution in [-0.4, -0.2) is 0 Å². The van der Waals surface area contributed by atoms with E-state index >= 15 is 0 Å². The van der Waals surface area contributed by atoms with Gasteiger partial charge in [0.05, 0.1) is 0 Å². The molecule has 1 radical (unpaired) electrons. The molecule has 0 aliphatic carbocycles. The smallest absolute Gasteiger partial charge is 0.0417 e. The number of rotatable bonds is 6. The molecule has 12 heavy (non-hydrogen) atoms. The van der Waals surface area contributed by atoms with Crippen LogP contribution in [0.2, 0.25) is 0 Å². The van der Waals surface area contributed by atoms with Gasteiger partial charge in [-0.15, -0.1) is 0 Å². The van der Waals surface area contributed by atoms with Crippen LogP contribution in [0.4, 0.5) is 0 Å². The first-order valence-electron chi connectivity index (χ1n) is 5.41. The minimum atomic E-state index is 0.626. The summed E-state index contributed by atoms with van der Waals surface area (Å²) < 4.78 is 0. The van der Waals surface area contributed by atoms with E-state index in [9.17, 15) is 0 Å². The molecule has 3 unspecified atom stereocenters. The Morgan fingerprint density at radius 1 is 0.917 bits per heavy atom. The zero-order valence-corrected chi connectivity index (χ0v) is 9.27. The molecule has 0 rings (SSSR count). The summed E-state index contributed by atoms with van der Waals surface area (Å²) in [6, 6.07) is 0. The molecule has 0 spiro atoms. The molecule has 0 saturated carbocycles. The van der Waals surface area contributed by atoms with Crippen molar-refractivity contribution in [3.63, 3.8) is 0 Å². The van der Waals surface area contributed by atoms with Gasteiger partial charge in [0.15, 0.2) is 0 Å². The van der Waals surface area contributed by atoms with Gasteiger partial charge in [0.2, 0.25) is 0 Å². The molecule has 0 aliphatic heterocycles. The summed E-state index contributed by atoms with van der Waals surface area (Å²) in [7, 11) is 0. The summed E-state index contributed by atoms with van der Waals surface area (Å²) in [6.07, 6.45) is 5.35. The molecule has 0 bridgehead atoms. The lowest BCUT2D eigenvalue weighted by molar-refractivity contribution is 0.324. The highest BCUT2D eigenvalue weighted by Gasteiger charge is 2.11. The molecule has 3 atom stereocenters. The van der Waals surface area contributed by atoms with Crippen molar-refractivity contribution in [3.05, 3.63) is 6.92 Å². The molecule has 0 nitrogen and oxygen atoms in total. The second kappa shape index (κ2) is 6.51. The minimum Gasteiger partial charge on any atom is -0.0654 e. The molecule has 0 aromatic heterocycles. The summed E-state index contributed by atoms with van der Waals surface area (Å²) >= 11 is 0. The minimum absolute atomic E-state index is 0.626. The fraction of sp³-hybridized carbons (Fsp3) is 0.917. The summed E-state index contributed by atoms with van der Waals surface area (Å²) in [4.78, 5) is 0. The van der Waals surface area contributed by atoms with E-state index in [0.29, 0.717) is 5.92 Å². The average molecular weight is 169 g/mol. The lowest BCUT2D eigenvalue weighted by Gasteiger charge is -2.19. The maximum absolute atomic E-state index is 4.02. The fourth-order valence-electron chi connectivity index (χ4n) is 1.57. The van der Waals surface area contributed by atoms with Crippen molar-refractivity contribution >= 4 is 0 Å². The van der Waals surface area contributed by atoms with Gasteiger partial charge in [-0.3, -0.25) is 0 Å². The Kier molecular flexibility index (Phi) is 6.51. The van der Waals surface area contributed by atoms with Gasteiger partial charge < -0.3 is 0 Å². The van der Waals surface area contributed by atoms with Gasteiger partial charge in [-0.1, -0.05) is 60.3 Å². The van der Waals surface area contributed by atoms with Gasteiger partial charge in [-0.05, 0) is 17.8 Å². The molecule has 0 amide bonds. The topological polar surface area (TPSA) is 0 Å². The Hall–Kier alpha value is 0. The van der Waals surface area contributed by atoms with Crippen LogP contribution >= 0.6 is 0 Å². The van der Waals surface area contributed by atoms with Crippen LogP contribution in [0.5, 0.6) is 0 Å². The van der Waals surface area contributed by atoms with Crippen LogP contribution in [0.3, 0.4) is 0 Å². The first kappa shape index (κ1) is 12.0. The highest BCUT2D eigenvalue weighted by molar-refractivity contribution is 4.64. The Morgan fingerprint density at radius 2 is 1.42 bits per heavy atom. The molecule has 0 saturated heterocycles.